The van der Waals surface area contributed by atoms with E-state index in [-0.39, 0.29) is 50.5 Å². The van der Waals surface area contributed by atoms with Crippen LogP contribution in [-0.4, -0.2) is 49.2 Å². The maximum atomic E-state index is 11.5. The minimum absolute atomic E-state index is 0.135. The Morgan fingerprint density at radius 3 is 1.04 bits per heavy atom. The Hall–Kier alpha value is -2.12. The highest BCUT2D eigenvalue weighted by atomic mass is 16.7. The van der Waals surface area contributed by atoms with Crippen LogP contribution in [0, 0.1) is 16.2 Å². The summed E-state index contributed by atoms with van der Waals surface area (Å²) in [6.07, 6.45) is 4.44. The normalized spacial score (nSPS) is 22.4. The summed E-state index contributed by atoms with van der Waals surface area (Å²) in [6.45, 7) is 37.7. The minimum Gasteiger partial charge on any atom is -0.507 e. The van der Waals surface area contributed by atoms with Crippen LogP contribution in [0.5, 0.6) is 11.5 Å². The van der Waals surface area contributed by atoms with E-state index in [0.717, 1.165) is 60.8 Å². The molecule has 6 heteroatoms. The lowest BCUT2D eigenvalue weighted by Gasteiger charge is -2.43. The molecule has 0 aliphatic carbocycles. The molecule has 2 aromatic carbocycles. The minimum atomic E-state index is -0.308. The average Bonchev–Trinajstić information content (AvgIpc) is 2.98. The van der Waals surface area contributed by atoms with Gasteiger partial charge in [0.05, 0.1) is 31.8 Å². The quantitative estimate of drug-likeness (QED) is 0.253. The summed E-state index contributed by atoms with van der Waals surface area (Å²) >= 11 is 0. The molecule has 2 heterocycles. The predicted molar refractivity (Wildman–Crippen MR) is 218 cm³/mol. The van der Waals surface area contributed by atoms with Crippen LogP contribution >= 0.6 is 0 Å². The zero-order valence-corrected chi connectivity index (χ0v) is 36.6. The number of hydrogen-bond donors (Lipinski definition) is 2. The van der Waals surface area contributed by atoms with Crippen molar-refractivity contribution in [3.63, 3.8) is 0 Å². The van der Waals surface area contributed by atoms with Crippen molar-refractivity contribution in [2.24, 2.45) is 16.2 Å². The van der Waals surface area contributed by atoms with Gasteiger partial charge in [-0.1, -0.05) is 135 Å². The molecule has 2 fully saturated rings. The van der Waals surface area contributed by atoms with Crippen molar-refractivity contribution >= 4 is 0 Å². The maximum Gasteiger partial charge on any atom is 0.157 e. The van der Waals surface area contributed by atoms with E-state index in [1.54, 1.807) is 0 Å². The van der Waals surface area contributed by atoms with Crippen molar-refractivity contribution in [2.45, 2.75) is 184 Å². The first-order valence-electron chi connectivity index (χ1n) is 20.2. The summed E-state index contributed by atoms with van der Waals surface area (Å²) < 4.78 is 25.3. The Balaban J connectivity index is 1.36. The number of benzene rings is 2. The second kappa shape index (κ2) is 15.4. The lowest BCUT2D eigenvalue weighted by atomic mass is 9.70. The van der Waals surface area contributed by atoms with Crippen LogP contribution in [-0.2, 0) is 53.4 Å². The largest absolute Gasteiger partial charge is 0.507 e. The third-order valence-corrected chi connectivity index (χ3v) is 11.0. The molecule has 0 saturated carbocycles. The zero-order chi connectivity index (χ0) is 40.0. The van der Waals surface area contributed by atoms with Crippen molar-refractivity contribution in [2.75, 3.05) is 26.4 Å². The fourth-order valence-corrected chi connectivity index (χ4v) is 9.02. The van der Waals surface area contributed by atoms with Crippen molar-refractivity contribution in [1.82, 2.24) is 0 Å². The van der Waals surface area contributed by atoms with Gasteiger partial charge >= 0.3 is 0 Å². The van der Waals surface area contributed by atoms with Gasteiger partial charge in [0.15, 0.2) is 12.6 Å². The van der Waals surface area contributed by atoms with Crippen LogP contribution in [0.4, 0.5) is 0 Å². The van der Waals surface area contributed by atoms with Crippen molar-refractivity contribution in [1.29, 1.82) is 0 Å². The Morgan fingerprint density at radius 1 is 0.491 bits per heavy atom. The second-order valence-electron chi connectivity index (χ2n) is 22.5. The van der Waals surface area contributed by atoms with Gasteiger partial charge < -0.3 is 29.2 Å². The van der Waals surface area contributed by atoms with Gasteiger partial charge in [-0.15, -0.1) is 0 Å². The van der Waals surface area contributed by atoms with Gasteiger partial charge in [0.2, 0.25) is 0 Å². The van der Waals surface area contributed by atoms with Crippen molar-refractivity contribution in [3.8, 4) is 11.5 Å². The van der Waals surface area contributed by atoms with E-state index >= 15 is 0 Å². The number of phenols is 2. The molecule has 2 N–H and O–H groups in total. The molecule has 0 radical (unpaired) electrons. The van der Waals surface area contributed by atoms with Crippen LogP contribution in [0.3, 0.4) is 0 Å². The Morgan fingerprint density at radius 2 is 0.774 bits per heavy atom. The molecule has 53 heavy (non-hydrogen) atoms. The fourth-order valence-electron chi connectivity index (χ4n) is 9.02. The van der Waals surface area contributed by atoms with Gasteiger partial charge in [0.25, 0.3) is 0 Å². The number of phenolic OH excluding ortho intramolecular Hbond substituents is 2. The molecular formula is C47H76O6. The summed E-state index contributed by atoms with van der Waals surface area (Å²) in [5.74, 6) is 0.862. The van der Waals surface area contributed by atoms with Crippen LogP contribution < -0.4 is 0 Å². The first-order valence-corrected chi connectivity index (χ1v) is 20.2. The number of ether oxygens (including phenoxy) is 4. The summed E-state index contributed by atoms with van der Waals surface area (Å²) in [6, 6.07) is 8.77. The first kappa shape index (κ1) is 43.6. The maximum absolute atomic E-state index is 11.5. The number of aromatic hydroxyl groups is 2. The summed E-state index contributed by atoms with van der Waals surface area (Å²) in [4.78, 5) is 0. The number of aryl methyl sites for hydroxylation is 2. The number of hydrogen-bond acceptors (Lipinski definition) is 6. The average molecular weight is 737 g/mol. The van der Waals surface area contributed by atoms with Crippen molar-refractivity contribution < 1.29 is 29.2 Å². The third-order valence-electron chi connectivity index (χ3n) is 11.0. The molecule has 6 nitrogen and oxygen atoms in total. The lowest BCUT2D eigenvalue weighted by molar-refractivity contribution is -0.303. The fraction of sp³-hybridized carbons (Fsp3) is 0.745. The van der Waals surface area contributed by atoms with E-state index < -0.39 is 0 Å². The van der Waals surface area contributed by atoms with Crippen LogP contribution in [0.25, 0.3) is 0 Å². The van der Waals surface area contributed by atoms with Gasteiger partial charge in [-0.05, 0) is 80.4 Å². The van der Waals surface area contributed by atoms with Crippen LogP contribution in [0.2, 0.25) is 0 Å². The Labute approximate surface area is 323 Å². The molecule has 2 saturated heterocycles. The molecule has 2 aliphatic heterocycles. The molecular weight excluding hydrogens is 661 g/mol. The highest BCUT2D eigenvalue weighted by Crippen LogP contribution is 2.46. The molecule has 0 unspecified atom stereocenters. The molecule has 1 spiro atoms. The van der Waals surface area contributed by atoms with Gasteiger partial charge in [0.1, 0.15) is 11.5 Å². The van der Waals surface area contributed by atoms with E-state index in [4.69, 9.17) is 18.9 Å². The van der Waals surface area contributed by atoms with E-state index in [1.165, 1.54) is 11.1 Å². The SMILES string of the molecule is CC(C)(C)CC(C)(C)c1cc(CCC2OCC3(CO2)COC(CCc2cc(C(C)(C)C)c(O)c(C(C)(C)CC(C)(C)C)c2)OC3)cc(C(C)(C)C)c1O. The monoisotopic (exact) mass is 737 g/mol. The van der Waals surface area contributed by atoms with E-state index in [9.17, 15) is 10.2 Å². The highest BCUT2D eigenvalue weighted by molar-refractivity contribution is 5.51. The summed E-state index contributed by atoms with van der Waals surface area (Å²) in [5.41, 5.74) is 5.70. The molecule has 0 aromatic heterocycles. The first-order chi connectivity index (χ1) is 24.0. The molecule has 0 amide bonds. The Kier molecular flexibility index (Phi) is 12.7. The molecule has 2 aromatic rings. The van der Waals surface area contributed by atoms with Crippen molar-refractivity contribution in [3.05, 3.63) is 57.6 Å². The van der Waals surface area contributed by atoms with Gasteiger partial charge in [-0.2, -0.15) is 0 Å². The number of rotatable bonds is 10. The third kappa shape index (κ3) is 11.5. The zero-order valence-electron chi connectivity index (χ0n) is 36.6. The smallest absolute Gasteiger partial charge is 0.157 e. The highest BCUT2D eigenvalue weighted by Gasteiger charge is 2.42. The van der Waals surface area contributed by atoms with Crippen LogP contribution in [0.15, 0.2) is 24.3 Å². The van der Waals surface area contributed by atoms with E-state index in [2.05, 4.69) is 135 Å². The predicted octanol–water partition coefficient (Wildman–Crippen LogP) is 11.4. The standard InChI is InChI=1S/C47H76O6/c1-41(2,3)25-45(13,14)35-23-31(21-33(39(35)48)43(7,8)9)17-19-37-50-27-47(28-51-37)29-52-38(53-30-47)20-18-32-22-34(44(10,11)12)40(49)36(24-32)46(15,16)26-42(4,5)6/h21-24,37-38,48-49H,17-20,25-30H2,1-16H3. The molecule has 4 rings (SSSR count). The van der Waals surface area contributed by atoms with E-state index in [0.29, 0.717) is 37.9 Å². The lowest BCUT2D eigenvalue weighted by Crippen LogP contribution is -2.52. The Bertz CT molecular complexity index is 1420. The summed E-state index contributed by atoms with van der Waals surface area (Å²) in [7, 11) is 0. The van der Waals surface area contributed by atoms with E-state index in [1.807, 2.05) is 0 Å². The van der Waals surface area contributed by atoms with Gasteiger partial charge in [-0.3, -0.25) is 0 Å². The molecule has 0 atom stereocenters. The molecule has 2 aliphatic rings. The second-order valence-corrected chi connectivity index (χ2v) is 22.5. The topological polar surface area (TPSA) is 77.4 Å². The summed E-state index contributed by atoms with van der Waals surface area (Å²) in [5, 5.41) is 23.0. The molecule has 300 valence electrons. The van der Waals surface area contributed by atoms with Gasteiger partial charge in [0, 0.05) is 24.0 Å². The van der Waals surface area contributed by atoms with Gasteiger partial charge in [-0.25, -0.2) is 0 Å². The van der Waals surface area contributed by atoms with Crippen LogP contribution in [0.1, 0.15) is 170 Å². The molecule has 0 bridgehead atoms.